The Balaban J connectivity index is 1.36. The van der Waals surface area contributed by atoms with E-state index in [2.05, 4.69) is 41.1 Å². The number of aromatic nitrogens is 8. The number of tetrazole rings is 1. The van der Waals surface area contributed by atoms with Crippen LogP contribution in [0.25, 0.3) is 16.9 Å². The second-order valence-electron chi connectivity index (χ2n) is 5.91. The zero-order chi connectivity index (χ0) is 19.3. The Kier molecular flexibility index (Phi) is 4.87. The fourth-order valence-electron chi connectivity index (χ4n) is 2.57. The highest BCUT2D eigenvalue weighted by molar-refractivity contribution is 5.88. The summed E-state index contributed by atoms with van der Waals surface area (Å²) in [5.74, 6) is 0.991. The second-order valence-corrected chi connectivity index (χ2v) is 5.91. The van der Waals surface area contributed by atoms with Crippen LogP contribution in [0.5, 0.6) is 0 Å². The van der Waals surface area contributed by atoms with Crippen LogP contribution in [-0.4, -0.2) is 52.4 Å². The molecule has 2 amide bonds. The summed E-state index contributed by atoms with van der Waals surface area (Å²) >= 11 is 0. The van der Waals surface area contributed by atoms with E-state index in [1.165, 1.54) is 4.80 Å². The molecule has 11 heteroatoms. The van der Waals surface area contributed by atoms with Gasteiger partial charge in [-0.25, -0.2) is 14.3 Å². The molecule has 11 nitrogen and oxygen atoms in total. The van der Waals surface area contributed by atoms with Gasteiger partial charge in [0.2, 0.25) is 0 Å². The Morgan fingerprint density at radius 3 is 2.93 bits per heavy atom. The molecule has 0 fully saturated rings. The van der Waals surface area contributed by atoms with Crippen LogP contribution < -0.4 is 10.6 Å². The fraction of sp³-hybridized carbons (Fsp3) is 0.235. The number of urea groups is 1. The van der Waals surface area contributed by atoms with Crippen molar-refractivity contribution in [1.29, 1.82) is 0 Å². The minimum atomic E-state index is -0.362. The molecule has 0 aromatic carbocycles. The highest BCUT2D eigenvalue weighted by Crippen LogP contribution is 2.17. The Hall–Kier alpha value is -3.89. The van der Waals surface area contributed by atoms with Crippen molar-refractivity contribution < 1.29 is 4.79 Å². The first kappa shape index (κ1) is 17.5. The van der Waals surface area contributed by atoms with Crippen LogP contribution in [0, 0.1) is 0 Å². The summed E-state index contributed by atoms with van der Waals surface area (Å²) in [6.45, 7) is 2.98. The number of amides is 2. The summed E-state index contributed by atoms with van der Waals surface area (Å²) in [6, 6.07) is 7.11. The van der Waals surface area contributed by atoms with Gasteiger partial charge in [-0.05, 0) is 36.4 Å². The summed E-state index contributed by atoms with van der Waals surface area (Å²) < 4.78 is 1.62. The van der Waals surface area contributed by atoms with Gasteiger partial charge in [0.15, 0.2) is 17.3 Å². The van der Waals surface area contributed by atoms with Crippen molar-refractivity contribution >= 4 is 17.5 Å². The number of carbonyl (C=O) groups excluding carboxylic acids is 1. The fourth-order valence-corrected chi connectivity index (χ4v) is 2.57. The van der Waals surface area contributed by atoms with Crippen LogP contribution >= 0.6 is 0 Å². The summed E-state index contributed by atoms with van der Waals surface area (Å²) in [4.78, 5) is 22.0. The van der Waals surface area contributed by atoms with Crippen molar-refractivity contribution in [2.75, 3.05) is 11.9 Å². The van der Waals surface area contributed by atoms with E-state index in [0.717, 1.165) is 11.3 Å². The van der Waals surface area contributed by atoms with Gasteiger partial charge in [-0.2, -0.15) is 9.90 Å². The Labute approximate surface area is 159 Å². The van der Waals surface area contributed by atoms with Gasteiger partial charge in [0, 0.05) is 30.9 Å². The van der Waals surface area contributed by atoms with Crippen LogP contribution in [0.1, 0.15) is 12.7 Å². The lowest BCUT2D eigenvalue weighted by atomic mass is 10.2. The van der Waals surface area contributed by atoms with E-state index < -0.39 is 0 Å². The lowest BCUT2D eigenvalue weighted by Crippen LogP contribution is -2.30. The van der Waals surface area contributed by atoms with E-state index in [0.29, 0.717) is 36.8 Å². The molecule has 28 heavy (non-hydrogen) atoms. The van der Waals surface area contributed by atoms with Crippen molar-refractivity contribution in [2.24, 2.45) is 0 Å². The van der Waals surface area contributed by atoms with Gasteiger partial charge in [-0.15, -0.1) is 10.2 Å². The van der Waals surface area contributed by atoms with Crippen molar-refractivity contribution in [2.45, 2.75) is 19.9 Å². The Morgan fingerprint density at radius 1 is 1.21 bits per heavy atom. The molecule has 0 atom stereocenters. The molecule has 4 aromatic rings. The number of nitrogens with one attached hydrogen (secondary N) is 2. The third-order valence-electron chi connectivity index (χ3n) is 3.93. The first-order valence-corrected chi connectivity index (χ1v) is 8.79. The first-order valence-electron chi connectivity index (χ1n) is 8.79. The summed E-state index contributed by atoms with van der Waals surface area (Å²) in [7, 11) is 0. The van der Waals surface area contributed by atoms with E-state index in [1.54, 1.807) is 23.1 Å². The molecular weight excluding hydrogens is 360 g/mol. The minimum Gasteiger partial charge on any atom is -0.337 e. The number of hydrogen-bond donors (Lipinski definition) is 2. The SMILES string of the molecule is CCn1nnc(CCNC(=O)Nc2cn3nc(-c4cccnc4)ccc3n2)n1. The molecule has 0 saturated heterocycles. The number of anilines is 1. The number of rotatable bonds is 6. The maximum atomic E-state index is 12.1. The lowest BCUT2D eigenvalue weighted by Gasteiger charge is -2.03. The summed E-state index contributed by atoms with van der Waals surface area (Å²) in [5.41, 5.74) is 2.30. The van der Waals surface area contributed by atoms with Gasteiger partial charge in [0.25, 0.3) is 0 Å². The van der Waals surface area contributed by atoms with Gasteiger partial charge in [-0.3, -0.25) is 10.3 Å². The molecule has 0 unspecified atom stereocenters. The smallest absolute Gasteiger partial charge is 0.320 e. The summed E-state index contributed by atoms with van der Waals surface area (Å²) in [5, 5.41) is 21.9. The van der Waals surface area contributed by atoms with Gasteiger partial charge in [0.1, 0.15) is 0 Å². The predicted octanol–water partition coefficient (Wildman–Crippen LogP) is 1.16. The molecule has 0 radical (unpaired) electrons. The van der Waals surface area contributed by atoms with Gasteiger partial charge in [-0.1, -0.05) is 0 Å². The van der Waals surface area contributed by atoms with Crippen LogP contribution in [-0.2, 0) is 13.0 Å². The average Bonchev–Trinajstić information content (AvgIpc) is 3.34. The molecule has 4 heterocycles. The van der Waals surface area contributed by atoms with E-state index >= 15 is 0 Å². The third kappa shape index (κ3) is 3.92. The molecule has 0 bridgehead atoms. The van der Waals surface area contributed by atoms with Crippen LogP contribution in [0.15, 0.2) is 42.9 Å². The molecular formula is C17H18N10O. The largest absolute Gasteiger partial charge is 0.337 e. The maximum Gasteiger partial charge on any atom is 0.320 e. The van der Waals surface area contributed by atoms with E-state index in [9.17, 15) is 4.79 Å². The Morgan fingerprint density at radius 2 is 2.14 bits per heavy atom. The van der Waals surface area contributed by atoms with Crippen molar-refractivity contribution in [3.63, 3.8) is 0 Å². The molecule has 4 rings (SSSR count). The molecule has 0 spiro atoms. The highest BCUT2D eigenvalue weighted by Gasteiger charge is 2.09. The molecule has 142 valence electrons. The average molecular weight is 378 g/mol. The third-order valence-corrected chi connectivity index (χ3v) is 3.93. The molecule has 0 aliphatic heterocycles. The number of fused-ring (bicyclic) bond motifs is 1. The monoisotopic (exact) mass is 378 g/mol. The van der Waals surface area contributed by atoms with Gasteiger partial charge >= 0.3 is 6.03 Å². The molecule has 4 aromatic heterocycles. The number of imidazole rings is 1. The molecule has 0 aliphatic carbocycles. The zero-order valence-corrected chi connectivity index (χ0v) is 15.1. The van der Waals surface area contributed by atoms with Gasteiger partial charge in [0.05, 0.1) is 18.4 Å². The maximum absolute atomic E-state index is 12.1. The van der Waals surface area contributed by atoms with E-state index in [1.807, 2.05) is 31.2 Å². The number of pyridine rings is 1. The van der Waals surface area contributed by atoms with Crippen LogP contribution in [0.4, 0.5) is 10.6 Å². The van der Waals surface area contributed by atoms with Gasteiger partial charge < -0.3 is 5.32 Å². The molecule has 2 N–H and O–H groups in total. The van der Waals surface area contributed by atoms with Crippen molar-refractivity contribution in [3.05, 3.63) is 48.7 Å². The van der Waals surface area contributed by atoms with E-state index in [4.69, 9.17) is 0 Å². The van der Waals surface area contributed by atoms with Crippen molar-refractivity contribution in [1.82, 2.24) is 45.1 Å². The standard InChI is InChI=1S/C17H18N10O/c1-2-27-24-14(22-25-27)7-9-19-17(28)21-15-11-26-16(20-15)6-5-13(23-26)12-4-3-8-18-10-12/h3-6,8,10-11H,2,7,9H2,1H3,(H2,19,21,28). The highest BCUT2D eigenvalue weighted by atomic mass is 16.2. The number of nitrogens with zero attached hydrogens (tertiary/aromatic N) is 8. The number of hydrogen-bond acceptors (Lipinski definition) is 7. The van der Waals surface area contributed by atoms with Crippen LogP contribution in [0.3, 0.4) is 0 Å². The molecule has 0 aliphatic rings. The number of aryl methyl sites for hydroxylation is 1. The predicted molar refractivity (Wildman–Crippen MR) is 100 cm³/mol. The quantitative estimate of drug-likeness (QED) is 0.515. The lowest BCUT2D eigenvalue weighted by molar-refractivity contribution is 0.252. The molecule has 0 saturated carbocycles. The Bertz CT molecular complexity index is 1090. The normalized spacial score (nSPS) is 10.9. The summed E-state index contributed by atoms with van der Waals surface area (Å²) in [6.07, 6.45) is 5.60. The minimum absolute atomic E-state index is 0.362. The van der Waals surface area contributed by atoms with Crippen LogP contribution in [0.2, 0.25) is 0 Å². The van der Waals surface area contributed by atoms with Crippen molar-refractivity contribution in [3.8, 4) is 11.3 Å². The topological polar surface area (TPSA) is 128 Å². The number of carbonyl (C=O) groups is 1. The van der Waals surface area contributed by atoms with E-state index in [-0.39, 0.29) is 6.03 Å². The zero-order valence-electron chi connectivity index (χ0n) is 15.1. The first-order chi connectivity index (χ1) is 13.7. The second kappa shape index (κ2) is 7.78.